The summed E-state index contributed by atoms with van der Waals surface area (Å²) < 4.78 is 53.3. The number of piperidine rings is 1. The lowest BCUT2D eigenvalue weighted by Crippen LogP contribution is -2.53. The summed E-state index contributed by atoms with van der Waals surface area (Å²) in [5.74, 6) is -2.53. The first kappa shape index (κ1) is 35.5. The van der Waals surface area contributed by atoms with Gasteiger partial charge < -0.3 is 20.6 Å². The lowest BCUT2D eigenvalue weighted by molar-refractivity contribution is 0.0755. The zero-order valence-electron chi connectivity index (χ0n) is 26.0. The van der Waals surface area contributed by atoms with Crippen LogP contribution in [0.2, 0.25) is 0 Å². The van der Waals surface area contributed by atoms with Crippen molar-refractivity contribution in [3.63, 3.8) is 0 Å². The van der Waals surface area contributed by atoms with Crippen molar-refractivity contribution in [2.45, 2.75) is 70.4 Å². The lowest BCUT2D eigenvalue weighted by atomic mass is 9.97. The summed E-state index contributed by atoms with van der Waals surface area (Å²) in [6, 6.07) is 6.78. The first-order valence-electron chi connectivity index (χ1n) is 15.3. The van der Waals surface area contributed by atoms with Gasteiger partial charge in [0.05, 0.1) is 12.1 Å². The SMILES string of the molecule is CCCN(CCC)C(=O)c1cc(C)cc(C(=O)NC(Cc2cc(F)cc(F)c2)C(O)CNC(C2CCNCC2)S(C)(=O)=O)c1. The van der Waals surface area contributed by atoms with E-state index in [0.717, 1.165) is 37.3 Å². The average Bonchev–Trinajstić information content (AvgIpc) is 2.95. The molecule has 0 bridgehead atoms. The Morgan fingerprint density at radius 1 is 1.00 bits per heavy atom. The zero-order valence-corrected chi connectivity index (χ0v) is 26.9. The second kappa shape index (κ2) is 16.4. The van der Waals surface area contributed by atoms with Crippen LogP contribution in [0.1, 0.15) is 71.4 Å². The van der Waals surface area contributed by atoms with Gasteiger partial charge >= 0.3 is 0 Å². The number of halogens is 2. The van der Waals surface area contributed by atoms with Gasteiger partial charge in [0.15, 0.2) is 9.84 Å². The van der Waals surface area contributed by atoms with Crippen molar-refractivity contribution in [1.82, 2.24) is 20.9 Å². The third-order valence-electron chi connectivity index (χ3n) is 7.82. The Morgan fingerprint density at radius 2 is 1.59 bits per heavy atom. The molecule has 2 aromatic carbocycles. The van der Waals surface area contributed by atoms with Gasteiger partial charge in [-0.3, -0.25) is 14.9 Å². The highest BCUT2D eigenvalue weighted by atomic mass is 32.2. The van der Waals surface area contributed by atoms with Gasteiger partial charge in [0.25, 0.3) is 11.8 Å². The van der Waals surface area contributed by atoms with E-state index in [1.807, 2.05) is 13.8 Å². The fourth-order valence-electron chi connectivity index (χ4n) is 5.79. The third kappa shape index (κ3) is 10.3. The Kier molecular flexibility index (Phi) is 13.2. The number of nitrogens with zero attached hydrogens (tertiary/aromatic N) is 1. The molecule has 1 aliphatic rings. The molecule has 44 heavy (non-hydrogen) atoms. The van der Waals surface area contributed by atoms with Crippen LogP contribution in [0.5, 0.6) is 0 Å². The number of aliphatic hydroxyl groups is 1. The van der Waals surface area contributed by atoms with Gasteiger partial charge in [0.2, 0.25) is 0 Å². The highest BCUT2D eigenvalue weighted by molar-refractivity contribution is 7.91. The van der Waals surface area contributed by atoms with Crippen molar-refractivity contribution in [2.75, 3.05) is 39.0 Å². The van der Waals surface area contributed by atoms with E-state index in [1.165, 1.54) is 6.07 Å². The van der Waals surface area contributed by atoms with Crippen LogP contribution in [-0.2, 0) is 16.3 Å². The van der Waals surface area contributed by atoms with Crippen LogP contribution in [0.3, 0.4) is 0 Å². The van der Waals surface area contributed by atoms with Crippen LogP contribution in [0.4, 0.5) is 8.78 Å². The molecule has 3 unspecified atom stereocenters. The zero-order chi connectivity index (χ0) is 32.4. The molecular formula is C32H46F2N4O5S. The normalized spacial score (nSPS) is 16.2. The minimum Gasteiger partial charge on any atom is -0.390 e. The average molecular weight is 637 g/mol. The van der Waals surface area contributed by atoms with Crippen LogP contribution in [-0.4, -0.2) is 86.7 Å². The molecule has 2 aromatic rings. The lowest BCUT2D eigenvalue weighted by Gasteiger charge is -2.32. The Labute approximate surface area is 259 Å². The van der Waals surface area contributed by atoms with Gasteiger partial charge in [-0.05, 0) is 99.5 Å². The fraction of sp³-hybridized carbons (Fsp3) is 0.562. The topological polar surface area (TPSA) is 128 Å². The summed E-state index contributed by atoms with van der Waals surface area (Å²) in [4.78, 5) is 28.6. The van der Waals surface area contributed by atoms with Crippen LogP contribution < -0.4 is 16.0 Å². The van der Waals surface area contributed by atoms with Gasteiger partial charge in [-0.15, -0.1) is 0 Å². The van der Waals surface area contributed by atoms with Crippen molar-refractivity contribution in [2.24, 2.45) is 5.92 Å². The van der Waals surface area contributed by atoms with Gasteiger partial charge in [-0.25, -0.2) is 17.2 Å². The van der Waals surface area contributed by atoms with E-state index in [-0.39, 0.29) is 35.9 Å². The summed E-state index contributed by atoms with van der Waals surface area (Å²) in [5.41, 5.74) is 1.46. The molecule has 244 valence electrons. The molecule has 12 heteroatoms. The second-order valence-corrected chi connectivity index (χ2v) is 13.9. The first-order valence-corrected chi connectivity index (χ1v) is 17.3. The minimum absolute atomic E-state index is 0.126. The smallest absolute Gasteiger partial charge is 0.253 e. The monoisotopic (exact) mass is 636 g/mol. The number of hydrogen-bond donors (Lipinski definition) is 4. The first-order chi connectivity index (χ1) is 20.8. The molecule has 0 saturated carbocycles. The molecule has 1 saturated heterocycles. The van der Waals surface area contributed by atoms with Crippen molar-refractivity contribution in [3.8, 4) is 0 Å². The number of nitrogens with one attached hydrogen (secondary N) is 3. The van der Waals surface area contributed by atoms with Crippen molar-refractivity contribution < 1.29 is 31.9 Å². The quantitative estimate of drug-likeness (QED) is 0.237. The van der Waals surface area contributed by atoms with Crippen molar-refractivity contribution in [1.29, 1.82) is 0 Å². The molecule has 9 nitrogen and oxygen atoms in total. The largest absolute Gasteiger partial charge is 0.390 e. The summed E-state index contributed by atoms with van der Waals surface area (Å²) in [6.07, 6.45) is 2.57. The van der Waals surface area contributed by atoms with Gasteiger partial charge in [-0.2, -0.15) is 0 Å². The number of sulfone groups is 1. The maximum absolute atomic E-state index is 14.0. The fourth-order valence-corrected chi connectivity index (χ4v) is 7.16. The number of amides is 2. The van der Waals surface area contributed by atoms with E-state index in [9.17, 15) is 31.9 Å². The third-order valence-corrected chi connectivity index (χ3v) is 9.30. The van der Waals surface area contributed by atoms with Crippen LogP contribution in [0.15, 0.2) is 36.4 Å². The maximum Gasteiger partial charge on any atom is 0.253 e. The molecule has 4 N–H and O–H groups in total. The highest BCUT2D eigenvalue weighted by Gasteiger charge is 2.33. The molecular weight excluding hydrogens is 590 g/mol. The van der Waals surface area contributed by atoms with E-state index >= 15 is 0 Å². The Morgan fingerprint density at radius 3 is 2.16 bits per heavy atom. The molecule has 0 radical (unpaired) electrons. The number of aryl methyl sites for hydroxylation is 1. The van der Waals surface area contributed by atoms with Gasteiger partial charge in [-0.1, -0.05) is 13.8 Å². The van der Waals surface area contributed by atoms with Gasteiger partial charge in [0, 0.05) is 43.1 Å². The molecule has 2 amide bonds. The number of carbonyl (C=O) groups excluding carboxylic acids is 2. The molecule has 3 atom stereocenters. The predicted molar refractivity (Wildman–Crippen MR) is 167 cm³/mol. The van der Waals surface area contributed by atoms with E-state index < -0.39 is 44.9 Å². The van der Waals surface area contributed by atoms with Crippen LogP contribution in [0.25, 0.3) is 0 Å². The minimum atomic E-state index is -3.53. The summed E-state index contributed by atoms with van der Waals surface area (Å²) >= 11 is 0. The van der Waals surface area contributed by atoms with E-state index in [2.05, 4.69) is 16.0 Å². The Hall–Kier alpha value is -2.93. The predicted octanol–water partition coefficient (Wildman–Crippen LogP) is 3.20. The molecule has 3 rings (SSSR count). The molecule has 1 heterocycles. The number of rotatable bonds is 15. The van der Waals surface area contributed by atoms with Crippen LogP contribution >= 0.6 is 0 Å². The highest BCUT2D eigenvalue weighted by Crippen LogP contribution is 2.21. The number of benzene rings is 2. The Bertz CT molecular complexity index is 1360. The van der Waals surface area contributed by atoms with Gasteiger partial charge in [0.1, 0.15) is 17.0 Å². The molecule has 0 spiro atoms. The maximum atomic E-state index is 14.0. The van der Waals surface area contributed by atoms with E-state index in [1.54, 1.807) is 24.0 Å². The molecule has 0 aromatic heterocycles. The van der Waals surface area contributed by atoms with Crippen molar-refractivity contribution >= 4 is 21.7 Å². The van der Waals surface area contributed by atoms with E-state index in [4.69, 9.17) is 0 Å². The summed E-state index contributed by atoms with van der Waals surface area (Å²) in [5, 5.41) is 19.3. The number of carbonyl (C=O) groups is 2. The van der Waals surface area contributed by atoms with Crippen molar-refractivity contribution in [3.05, 3.63) is 70.3 Å². The summed E-state index contributed by atoms with van der Waals surface area (Å²) in [7, 11) is -3.53. The second-order valence-electron chi connectivity index (χ2n) is 11.8. The Balaban J connectivity index is 1.86. The van der Waals surface area contributed by atoms with Crippen LogP contribution in [0, 0.1) is 24.5 Å². The number of aliphatic hydroxyl groups excluding tert-OH is 1. The molecule has 0 aliphatic carbocycles. The molecule has 1 fully saturated rings. The standard InChI is InChI=1S/C32H46F2N4O5S/c1-5-11-38(12-6-2)32(41)25-14-21(3)13-24(18-25)30(40)37-28(17-22-15-26(33)19-27(34)16-22)29(39)20-36-31(44(4,42)43)23-7-9-35-10-8-23/h13-16,18-19,23,28-29,31,35-36,39H,5-12,17,20H2,1-4H3,(H,37,40). The number of hydrogen-bond acceptors (Lipinski definition) is 7. The van der Waals surface area contributed by atoms with E-state index in [0.29, 0.717) is 50.1 Å². The molecule has 1 aliphatic heterocycles. The summed E-state index contributed by atoms with van der Waals surface area (Å²) in [6.45, 7) is 8.08.